The number of aliphatic imine (C=N–C) groups is 1. The predicted molar refractivity (Wildman–Crippen MR) is 136 cm³/mol. The standard InChI is InChI=1S/C27H31F3N2O3S/c1-17-23(21(27(28,29)30)15-12-18-10-13-20(33-4)14-11-18)35-25-22(31-26(36-25)32(2)3)24(17)34-16-19-8-6-5-7-9-19/h5-11,13-15,17,22-25H,12,16H2,1-4H3/t17-,22-,23+,24+,25-/m1/s1. The van der Waals surface area contributed by atoms with Crippen molar-refractivity contribution in [2.75, 3.05) is 21.2 Å². The molecule has 0 spiro atoms. The number of allylic oxidation sites excluding steroid dienone is 1. The zero-order chi connectivity index (χ0) is 25.9. The maximum absolute atomic E-state index is 14.4. The van der Waals surface area contributed by atoms with Crippen LogP contribution in [0.25, 0.3) is 0 Å². The number of amidine groups is 1. The van der Waals surface area contributed by atoms with Gasteiger partial charge in [0.05, 0.1) is 31.5 Å². The lowest BCUT2D eigenvalue weighted by Gasteiger charge is -2.42. The van der Waals surface area contributed by atoms with Crippen molar-refractivity contribution in [3.63, 3.8) is 0 Å². The molecule has 0 N–H and O–H groups in total. The number of halogens is 3. The van der Waals surface area contributed by atoms with E-state index in [2.05, 4.69) is 0 Å². The number of fused-ring (bicyclic) bond motifs is 1. The number of hydrogen-bond donors (Lipinski definition) is 0. The molecule has 4 rings (SSSR count). The molecule has 2 aromatic rings. The summed E-state index contributed by atoms with van der Waals surface area (Å²) >= 11 is 1.35. The van der Waals surface area contributed by atoms with Crippen LogP contribution in [0.4, 0.5) is 13.2 Å². The van der Waals surface area contributed by atoms with Crippen LogP contribution in [-0.4, -0.2) is 61.1 Å². The lowest BCUT2D eigenvalue weighted by molar-refractivity contribution is -0.158. The summed E-state index contributed by atoms with van der Waals surface area (Å²) in [7, 11) is 5.27. The molecule has 5 atom stereocenters. The molecular weight excluding hydrogens is 489 g/mol. The molecule has 2 aromatic carbocycles. The zero-order valence-electron chi connectivity index (χ0n) is 20.7. The van der Waals surface area contributed by atoms with Crippen LogP contribution in [0.3, 0.4) is 0 Å². The molecule has 2 aliphatic heterocycles. The number of alkyl halides is 3. The first-order valence-corrected chi connectivity index (χ1v) is 12.7. The first kappa shape index (κ1) is 26.6. The Morgan fingerprint density at radius 1 is 1.08 bits per heavy atom. The van der Waals surface area contributed by atoms with Crippen LogP contribution in [-0.2, 0) is 22.5 Å². The summed E-state index contributed by atoms with van der Waals surface area (Å²) < 4.78 is 60.7. The van der Waals surface area contributed by atoms with Crippen LogP contribution >= 0.6 is 11.8 Å². The third-order valence-electron chi connectivity index (χ3n) is 6.39. The van der Waals surface area contributed by atoms with Crippen molar-refractivity contribution < 1.29 is 27.4 Å². The minimum absolute atomic E-state index is 0.127. The molecule has 0 amide bonds. The Bertz CT molecular complexity index is 1070. The molecule has 0 aliphatic carbocycles. The molecule has 2 aliphatic rings. The molecular formula is C27H31F3N2O3S. The summed E-state index contributed by atoms with van der Waals surface area (Å²) in [5.74, 6) is 0.0898. The Balaban J connectivity index is 1.61. The van der Waals surface area contributed by atoms with Crippen LogP contribution in [0.5, 0.6) is 5.75 Å². The molecule has 5 nitrogen and oxygen atoms in total. The Labute approximate surface area is 214 Å². The summed E-state index contributed by atoms with van der Waals surface area (Å²) in [4.78, 5) is 6.61. The molecule has 36 heavy (non-hydrogen) atoms. The van der Waals surface area contributed by atoms with E-state index >= 15 is 0 Å². The molecule has 0 bridgehead atoms. The van der Waals surface area contributed by atoms with E-state index in [-0.39, 0.29) is 6.42 Å². The molecule has 0 aromatic heterocycles. The van der Waals surface area contributed by atoms with Gasteiger partial charge in [-0.15, -0.1) is 0 Å². The van der Waals surface area contributed by atoms with Gasteiger partial charge < -0.3 is 19.1 Å². The summed E-state index contributed by atoms with van der Waals surface area (Å²) in [5, 5.41) is 0.724. The Morgan fingerprint density at radius 2 is 1.78 bits per heavy atom. The minimum atomic E-state index is -4.54. The van der Waals surface area contributed by atoms with E-state index in [0.717, 1.165) is 16.3 Å². The van der Waals surface area contributed by atoms with Gasteiger partial charge in [0.2, 0.25) is 0 Å². The number of benzene rings is 2. The molecule has 2 heterocycles. The van der Waals surface area contributed by atoms with Crippen molar-refractivity contribution in [1.82, 2.24) is 4.90 Å². The average molecular weight is 521 g/mol. The number of hydrogen-bond acceptors (Lipinski definition) is 6. The van der Waals surface area contributed by atoms with Crippen molar-refractivity contribution in [2.24, 2.45) is 10.9 Å². The number of nitrogens with zero attached hydrogens (tertiary/aromatic N) is 2. The van der Waals surface area contributed by atoms with Gasteiger partial charge in [0.25, 0.3) is 0 Å². The lowest BCUT2D eigenvalue weighted by atomic mass is 9.85. The van der Waals surface area contributed by atoms with Crippen LogP contribution < -0.4 is 4.74 Å². The first-order chi connectivity index (χ1) is 17.2. The summed E-state index contributed by atoms with van der Waals surface area (Å²) in [6, 6.07) is 16.2. The van der Waals surface area contributed by atoms with Crippen LogP contribution in [0.1, 0.15) is 18.1 Å². The van der Waals surface area contributed by atoms with E-state index in [1.54, 1.807) is 38.3 Å². The smallest absolute Gasteiger partial charge is 0.414 e. The van der Waals surface area contributed by atoms with Gasteiger partial charge in [-0.2, -0.15) is 13.2 Å². The zero-order valence-corrected chi connectivity index (χ0v) is 21.6. The van der Waals surface area contributed by atoms with E-state index in [0.29, 0.717) is 12.4 Å². The highest BCUT2D eigenvalue weighted by Gasteiger charge is 2.53. The van der Waals surface area contributed by atoms with Crippen molar-refractivity contribution in [3.8, 4) is 5.75 Å². The van der Waals surface area contributed by atoms with Gasteiger partial charge in [0.1, 0.15) is 17.2 Å². The molecule has 194 valence electrons. The van der Waals surface area contributed by atoms with Gasteiger partial charge >= 0.3 is 6.18 Å². The Kier molecular flexibility index (Phi) is 8.32. The highest BCUT2D eigenvalue weighted by atomic mass is 32.2. The summed E-state index contributed by atoms with van der Waals surface area (Å²) in [6.07, 6.45) is -4.89. The fourth-order valence-corrected chi connectivity index (χ4v) is 5.59. The van der Waals surface area contributed by atoms with Crippen molar-refractivity contribution in [3.05, 3.63) is 77.4 Å². The molecule has 0 radical (unpaired) electrons. The fourth-order valence-electron chi connectivity index (χ4n) is 4.46. The van der Waals surface area contributed by atoms with Crippen molar-refractivity contribution >= 4 is 16.9 Å². The van der Waals surface area contributed by atoms with E-state index in [9.17, 15) is 13.2 Å². The largest absolute Gasteiger partial charge is 0.497 e. The van der Waals surface area contributed by atoms with E-state index in [4.69, 9.17) is 19.2 Å². The summed E-state index contributed by atoms with van der Waals surface area (Å²) in [5.41, 5.74) is 0.467. The Morgan fingerprint density at radius 3 is 2.39 bits per heavy atom. The van der Waals surface area contributed by atoms with Crippen LogP contribution in [0.15, 0.2) is 71.2 Å². The topological polar surface area (TPSA) is 43.3 Å². The monoisotopic (exact) mass is 520 g/mol. The maximum Gasteiger partial charge on any atom is 0.414 e. The van der Waals surface area contributed by atoms with Gasteiger partial charge in [-0.25, -0.2) is 0 Å². The second-order valence-electron chi connectivity index (χ2n) is 9.17. The Hall–Kier alpha value is -2.49. The van der Waals surface area contributed by atoms with Gasteiger partial charge in [-0.1, -0.05) is 67.2 Å². The predicted octanol–water partition coefficient (Wildman–Crippen LogP) is 5.71. The fraction of sp³-hybridized carbons (Fsp3) is 0.444. The minimum Gasteiger partial charge on any atom is -0.497 e. The number of ether oxygens (including phenoxy) is 3. The average Bonchev–Trinajstić information content (AvgIpc) is 3.28. The molecule has 1 saturated heterocycles. The van der Waals surface area contributed by atoms with Crippen molar-refractivity contribution in [2.45, 2.75) is 49.8 Å². The van der Waals surface area contributed by atoms with Gasteiger partial charge in [0.15, 0.2) is 5.17 Å². The molecule has 0 unspecified atom stereocenters. The number of thioether (sulfide) groups is 1. The molecule has 1 fully saturated rings. The summed E-state index contributed by atoms with van der Waals surface area (Å²) in [6.45, 7) is 2.05. The lowest BCUT2D eigenvalue weighted by Crippen LogP contribution is -2.53. The van der Waals surface area contributed by atoms with Crippen LogP contribution in [0, 0.1) is 5.92 Å². The third-order valence-corrected chi connectivity index (χ3v) is 7.70. The quantitative estimate of drug-likeness (QED) is 0.438. The van der Waals surface area contributed by atoms with Gasteiger partial charge in [-0.05, 0) is 29.7 Å². The van der Waals surface area contributed by atoms with Crippen LogP contribution in [0.2, 0.25) is 0 Å². The second-order valence-corrected chi connectivity index (χ2v) is 10.2. The van der Waals surface area contributed by atoms with E-state index in [1.165, 1.54) is 17.8 Å². The normalized spacial score (nSPS) is 26.4. The van der Waals surface area contributed by atoms with Gasteiger partial charge in [0, 0.05) is 20.0 Å². The third kappa shape index (κ3) is 6.07. The van der Waals surface area contributed by atoms with Crippen molar-refractivity contribution in [1.29, 1.82) is 0 Å². The van der Waals surface area contributed by atoms with E-state index in [1.807, 2.05) is 49.3 Å². The SMILES string of the molecule is COc1ccc(CC=C([C@H]2O[C@@H]3SC(N(C)C)=N[C@@H]3[C@@H](OCc3ccccc3)[C@@H]2C)C(F)(F)F)cc1. The molecule has 9 heteroatoms. The first-order valence-electron chi connectivity index (χ1n) is 11.8. The number of methoxy groups -OCH3 is 1. The second kappa shape index (κ2) is 11.3. The van der Waals surface area contributed by atoms with E-state index < -0.39 is 41.4 Å². The maximum atomic E-state index is 14.4. The highest BCUT2D eigenvalue weighted by molar-refractivity contribution is 8.14. The highest BCUT2D eigenvalue weighted by Crippen LogP contribution is 2.45. The van der Waals surface area contributed by atoms with Gasteiger partial charge in [-0.3, -0.25) is 4.99 Å². The number of rotatable bonds is 7. The molecule has 0 saturated carbocycles.